The van der Waals surface area contributed by atoms with Gasteiger partial charge in [-0.25, -0.2) is 0 Å². The number of carbonyl (C=O) groups is 1. The average molecular weight is 381 g/mol. The summed E-state index contributed by atoms with van der Waals surface area (Å²) in [6.45, 7) is 0.497. The lowest BCUT2D eigenvalue weighted by atomic mass is 10.2. The van der Waals surface area contributed by atoms with E-state index in [-0.39, 0.29) is 5.91 Å². The molecule has 2 heterocycles. The summed E-state index contributed by atoms with van der Waals surface area (Å²) in [5, 5.41) is 1.90. The van der Waals surface area contributed by atoms with E-state index >= 15 is 0 Å². The van der Waals surface area contributed by atoms with E-state index < -0.39 is 0 Å². The minimum Gasteiger partial charge on any atom is -0.489 e. The van der Waals surface area contributed by atoms with Gasteiger partial charge in [0.1, 0.15) is 18.1 Å². The highest BCUT2D eigenvalue weighted by molar-refractivity contribution is 6.04. The summed E-state index contributed by atoms with van der Waals surface area (Å²) in [5.74, 6) is 0.636. The summed E-state index contributed by atoms with van der Waals surface area (Å²) in [7, 11) is 0. The second-order valence-corrected chi connectivity index (χ2v) is 7.02. The van der Waals surface area contributed by atoms with Crippen molar-refractivity contribution in [2.45, 2.75) is 6.61 Å². The first-order valence-electron chi connectivity index (χ1n) is 9.38. The molecule has 2 aromatic heterocycles. The number of hydrogen-bond acceptors (Lipinski definition) is 3. The number of nitrogens with two attached hydrogens (primary N) is 1. The van der Waals surface area contributed by atoms with Crippen molar-refractivity contribution in [3.05, 3.63) is 96.3 Å². The maximum Gasteiger partial charge on any atom is 0.278 e. The maximum atomic E-state index is 13.0. The van der Waals surface area contributed by atoms with Crippen LogP contribution < -0.4 is 10.5 Å². The molecule has 3 aromatic carbocycles. The van der Waals surface area contributed by atoms with Crippen LogP contribution in [-0.2, 0) is 6.61 Å². The number of aromatic amines is 1. The van der Waals surface area contributed by atoms with Gasteiger partial charge in [0.25, 0.3) is 5.91 Å². The molecule has 0 aliphatic carbocycles. The number of benzene rings is 3. The van der Waals surface area contributed by atoms with Crippen molar-refractivity contribution < 1.29 is 9.53 Å². The van der Waals surface area contributed by atoms with Gasteiger partial charge in [0.2, 0.25) is 0 Å². The van der Waals surface area contributed by atoms with Crippen LogP contribution in [0.3, 0.4) is 0 Å². The topological polar surface area (TPSA) is 73.0 Å². The molecule has 0 spiro atoms. The standard InChI is InChI=1S/C24H19N3O2/c25-19-7-9-23-18(12-19)10-11-27(23)24(28)22-13-17-6-8-20(14-21(17)26-22)29-15-16-4-2-1-3-5-16/h1-14,26H,15,25H2. The van der Waals surface area contributed by atoms with Crippen molar-refractivity contribution in [3.63, 3.8) is 0 Å². The summed E-state index contributed by atoms with van der Waals surface area (Å²) in [6, 6.07) is 25.1. The molecule has 0 atom stereocenters. The minimum absolute atomic E-state index is 0.118. The van der Waals surface area contributed by atoms with Crippen LogP contribution in [0, 0.1) is 0 Å². The molecule has 0 saturated carbocycles. The third-order valence-electron chi connectivity index (χ3n) is 5.01. The van der Waals surface area contributed by atoms with Crippen LogP contribution in [0.2, 0.25) is 0 Å². The molecule has 0 fully saturated rings. The van der Waals surface area contributed by atoms with Crippen molar-refractivity contribution in [2.75, 3.05) is 5.73 Å². The number of aromatic nitrogens is 2. The maximum absolute atomic E-state index is 13.0. The number of ether oxygens (including phenoxy) is 1. The second-order valence-electron chi connectivity index (χ2n) is 7.02. The fourth-order valence-electron chi connectivity index (χ4n) is 3.52. The van der Waals surface area contributed by atoms with Gasteiger partial charge in [-0.05, 0) is 48.0 Å². The molecule has 0 aliphatic rings. The number of nitrogens with one attached hydrogen (secondary N) is 1. The van der Waals surface area contributed by atoms with E-state index in [0.717, 1.165) is 33.1 Å². The molecule has 29 heavy (non-hydrogen) atoms. The molecule has 0 amide bonds. The Labute approximate surface area is 167 Å². The Hall–Kier alpha value is -3.99. The highest BCUT2D eigenvalue weighted by Crippen LogP contribution is 2.24. The molecule has 5 heteroatoms. The lowest BCUT2D eigenvalue weighted by molar-refractivity contribution is 0.0961. The van der Waals surface area contributed by atoms with Crippen molar-refractivity contribution in [1.29, 1.82) is 0 Å². The normalized spacial score (nSPS) is 11.2. The molecule has 0 bridgehead atoms. The Morgan fingerprint density at radius 3 is 2.66 bits per heavy atom. The van der Waals surface area contributed by atoms with E-state index in [4.69, 9.17) is 10.5 Å². The number of carbonyl (C=O) groups excluding carboxylic acids is 1. The largest absolute Gasteiger partial charge is 0.489 e. The van der Waals surface area contributed by atoms with Gasteiger partial charge in [0.15, 0.2) is 0 Å². The summed E-state index contributed by atoms with van der Waals surface area (Å²) in [4.78, 5) is 16.3. The van der Waals surface area contributed by atoms with Crippen LogP contribution in [0.4, 0.5) is 5.69 Å². The number of H-pyrrole nitrogens is 1. The Kier molecular flexibility index (Phi) is 4.06. The van der Waals surface area contributed by atoms with Gasteiger partial charge < -0.3 is 15.5 Å². The number of nitrogens with zero attached hydrogens (tertiary/aromatic N) is 1. The molecule has 3 N–H and O–H groups in total. The van der Waals surface area contributed by atoms with Crippen molar-refractivity contribution >= 4 is 33.4 Å². The van der Waals surface area contributed by atoms with E-state index in [0.29, 0.717) is 18.0 Å². The molecule has 0 saturated heterocycles. The van der Waals surface area contributed by atoms with Crippen LogP contribution in [0.25, 0.3) is 21.8 Å². The SMILES string of the molecule is Nc1ccc2c(ccn2C(=O)c2cc3ccc(OCc4ccccc4)cc3[nH]2)c1. The van der Waals surface area contributed by atoms with E-state index in [2.05, 4.69) is 4.98 Å². The summed E-state index contributed by atoms with van der Waals surface area (Å²) in [6.07, 6.45) is 1.77. The van der Waals surface area contributed by atoms with Crippen molar-refractivity contribution in [2.24, 2.45) is 0 Å². The van der Waals surface area contributed by atoms with Gasteiger partial charge in [0.05, 0.1) is 5.52 Å². The lowest BCUT2D eigenvalue weighted by Crippen LogP contribution is -2.10. The zero-order valence-corrected chi connectivity index (χ0v) is 15.6. The fourth-order valence-corrected chi connectivity index (χ4v) is 3.52. The smallest absolute Gasteiger partial charge is 0.278 e. The fraction of sp³-hybridized carbons (Fsp3) is 0.0417. The zero-order chi connectivity index (χ0) is 19.8. The third-order valence-corrected chi connectivity index (χ3v) is 5.01. The lowest BCUT2D eigenvalue weighted by Gasteiger charge is -2.06. The highest BCUT2D eigenvalue weighted by atomic mass is 16.5. The van der Waals surface area contributed by atoms with E-state index in [1.165, 1.54) is 0 Å². The molecule has 5 nitrogen and oxygen atoms in total. The van der Waals surface area contributed by atoms with Gasteiger partial charge in [-0.15, -0.1) is 0 Å². The zero-order valence-electron chi connectivity index (χ0n) is 15.6. The molecule has 0 aliphatic heterocycles. The van der Waals surface area contributed by atoms with E-state index in [1.807, 2.05) is 72.8 Å². The Bertz CT molecular complexity index is 1330. The van der Waals surface area contributed by atoms with Crippen molar-refractivity contribution in [1.82, 2.24) is 9.55 Å². The van der Waals surface area contributed by atoms with Gasteiger partial charge >= 0.3 is 0 Å². The summed E-state index contributed by atoms with van der Waals surface area (Å²) in [5.41, 5.74) is 9.83. The summed E-state index contributed by atoms with van der Waals surface area (Å²) >= 11 is 0. The van der Waals surface area contributed by atoms with Gasteiger partial charge in [-0.2, -0.15) is 0 Å². The van der Waals surface area contributed by atoms with Gasteiger partial charge in [-0.1, -0.05) is 30.3 Å². The number of rotatable bonds is 4. The molecule has 0 unspecified atom stereocenters. The van der Waals surface area contributed by atoms with Crippen LogP contribution in [0.5, 0.6) is 5.75 Å². The Balaban J connectivity index is 1.42. The minimum atomic E-state index is -0.118. The highest BCUT2D eigenvalue weighted by Gasteiger charge is 2.14. The number of nitrogen functional groups attached to an aromatic ring is 1. The monoisotopic (exact) mass is 381 g/mol. The first-order chi connectivity index (χ1) is 14.2. The summed E-state index contributed by atoms with van der Waals surface area (Å²) < 4.78 is 7.52. The molecule has 142 valence electrons. The third kappa shape index (κ3) is 3.23. The van der Waals surface area contributed by atoms with Crippen molar-refractivity contribution in [3.8, 4) is 5.75 Å². The molecule has 0 radical (unpaired) electrons. The Morgan fingerprint density at radius 1 is 0.931 bits per heavy atom. The average Bonchev–Trinajstić information content (AvgIpc) is 3.36. The quantitative estimate of drug-likeness (QED) is 0.432. The Morgan fingerprint density at radius 2 is 1.79 bits per heavy atom. The van der Waals surface area contributed by atoms with Crippen LogP contribution in [-0.4, -0.2) is 15.5 Å². The number of anilines is 1. The van der Waals surface area contributed by atoms with Crippen LogP contribution in [0.1, 0.15) is 16.1 Å². The number of hydrogen-bond donors (Lipinski definition) is 2. The van der Waals surface area contributed by atoms with Gasteiger partial charge in [0, 0.05) is 34.2 Å². The second kappa shape index (κ2) is 6.87. The molecule has 5 rings (SSSR count). The predicted octanol–water partition coefficient (Wildman–Crippen LogP) is 4.97. The van der Waals surface area contributed by atoms with Crippen LogP contribution in [0.15, 0.2) is 85.1 Å². The first-order valence-corrected chi connectivity index (χ1v) is 9.38. The first kappa shape index (κ1) is 17.1. The van der Waals surface area contributed by atoms with Crippen LogP contribution >= 0.6 is 0 Å². The number of fused-ring (bicyclic) bond motifs is 2. The molecular formula is C24H19N3O2. The molecule has 5 aromatic rings. The van der Waals surface area contributed by atoms with E-state index in [1.54, 1.807) is 16.8 Å². The van der Waals surface area contributed by atoms with E-state index in [9.17, 15) is 4.79 Å². The predicted molar refractivity (Wildman–Crippen MR) is 115 cm³/mol. The molecular weight excluding hydrogens is 362 g/mol. The van der Waals surface area contributed by atoms with Gasteiger partial charge in [-0.3, -0.25) is 9.36 Å².